The number of thiazole rings is 1. The Bertz CT molecular complexity index is 1070. The van der Waals surface area contributed by atoms with Crippen molar-refractivity contribution in [3.8, 4) is 10.8 Å². The average molecular weight is 420 g/mol. The zero-order chi connectivity index (χ0) is 19.7. The van der Waals surface area contributed by atoms with Crippen molar-refractivity contribution in [2.75, 3.05) is 19.3 Å². The van der Waals surface area contributed by atoms with Gasteiger partial charge in [0.05, 0.1) is 28.9 Å². The van der Waals surface area contributed by atoms with Gasteiger partial charge in [0.15, 0.2) is 10.8 Å². The molecular weight excluding hydrogens is 398 g/mol. The quantitative estimate of drug-likeness (QED) is 0.686. The maximum Gasteiger partial charge on any atom is 0.224 e. The number of carbonyl (C=O) groups is 1. The van der Waals surface area contributed by atoms with Crippen LogP contribution >= 0.6 is 11.3 Å². The number of nitrogens with zero attached hydrogens (tertiary/aromatic N) is 2. The van der Waals surface area contributed by atoms with Crippen molar-refractivity contribution < 1.29 is 17.6 Å². The van der Waals surface area contributed by atoms with Crippen LogP contribution in [0.4, 0.5) is 0 Å². The molecule has 1 atom stereocenters. The lowest BCUT2D eigenvalue weighted by molar-refractivity contribution is -0.126. The second-order valence-corrected chi connectivity index (χ2v) is 9.94. The molecule has 1 amide bonds. The first-order chi connectivity index (χ1) is 13.4. The predicted molar refractivity (Wildman–Crippen MR) is 108 cm³/mol. The van der Waals surface area contributed by atoms with E-state index in [9.17, 15) is 13.2 Å². The van der Waals surface area contributed by atoms with Crippen LogP contribution in [-0.2, 0) is 21.4 Å². The Morgan fingerprint density at radius 1 is 1.32 bits per heavy atom. The second-order valence-electron chi connectivity index (χ2n) is 6.93. The summed E-state index contributed by atoms with van der Waals surface area (Å²) >= 11 is 1.56. The first-order valence-corrected chi connectivity index (χ1v) is 11.7. The highest BCUT2D eigenvalue weighted by molar-refractivity contribution is 7.88. The minimum Gasteiger partial charge on any atom is -0.457 e. The van der Waals surface area contributed by atoms with E-state index in [1.165, 1.54) is 10.6 Å². The van der Waals surface area contributed by atoms with Gasteiger partial charge >= 0.3 is 0 Å². The van der Waals surface area contributed by atoms with Crippen molar-refractivity contribution in [1.29, 1.82) is 0 Å². The number of carbonyl (C=O) groups excluding carboxylic acids is 1. The zero-order valence-electron chi connectivity index (χ0n) is 15.4. The lowest BCUT2D eigenvalue weighted by atomic mass is 9.99. The summed E-state index contributed by atoms with van der Waals surface area (Å²) < 4.78 is 31.7. The third kappa shape index (κ3) is 4.11. The molecule has 148 valence electrons. The first kappa shape index (κ1) is 19.1. The molecule has 2 aromatic heterocycles. The number of aromatic nitrogens is 1. The molecule has 3 heterocycles. The van der Waals surface area contributed by atoms with E-state index in [4.69, 9.17) is 4.42 Å². The Hall–Kier alpha value is -2.23. The smallest absolute Gasteiger partial charge is 0.224 e. The number of piperidine rings is 1. The number of nitrogens with one attached hydrogen (secondary N) is 1. The molecule has 1 aliphatic rings. The summed E-state index contributed by atoms with van der Waals surface area (Å²) in [6.07, 6.45) is 2.56. The van der Waals surface area contributed by atoms with Gasteiger partial charge in [-0.2, -0.15) is 0 Å². The Morgan fingerprint density at radius 2 is 2.14 bits per heavy atom. The van der Waals surface area contributed by atoms with Gasteiger partial charge in [0.2, 0.25) is 15.9 Å². The molecule has 1 unspecified atom stereocenters. The van der Waals surface area contributed by atoms with E-state index in [0.29, 0.717) is 30.9 Å². The first-order valence-electron chi connectivity index (χ1n) is 9.07. The minimum absolute atomic E-state index is 0.147. The van der Waals surface area contributed by atoms with Gasteiger partial charge in [-0.1, -0.05) is 12.1 Å². The Balaban J connectivity index is 1.38. The number of amides is 1. The maximum atomic E-state index is 12.5. The third-order valence-corrected chi connectivity index (χ3v) is 7.15. The molecule has 1 fully saturated rings. The molecule has 1 saturated heterocycles. The summed E-state index contributed by atoms with van der Waals surface area (Å²) in [6, 6.07) is 11.6. The van der Waals surface area contributed by atoms with Crippen LogP contribution in [0.2, 0.25) is 0 Å². The van der Waals surface area contributed by atoms with Gasteiger partial charge in [-0.3, -0.25) is 4.79 Å². The summed E-state index contributed by atoms with van der Waals surface area (Å²) in [7, 11) is -3.27. The molecule has 1 aliphatic heterocycles. The normalized spacial score (nSPS) is 18.4. The lowest BCUT2D eigenvalue weighted by Crippen LogP contribution is -2.44. The van der Waals surface area contributed by atoms with E-state index in [1.807, 2.05) is 36.4 Å². The predicted octanol–water partition coefficient (Wildman–Crippen LogP) is 2.84. The number of fused-ring (bicyclic) bond motifs is 1. The fourth-order valence-corrected chi connectivity index (χ4v) is 5.18. The maximum absolute atomic E-state index is 12.5. The van der Waals surface area contributed by atoms with Crippen LogP contribution in [0.5, 0.6) is 0 Å². The second kappa shape index (κ2) is 7.65. The molecule has 1 aromatic carbocycles. The number of hydrogen-bond donors (Lipinski definition) is 1. The van der Waals surface area contributed by atoms with Crippen LogP contribution in [0, 0.1) is 5.92 Å². The SMILES string of the molecule is CS(=O)(=O)N1CCCC(C(=O)NCc2ccc(-c3nc4ccccc4s3)o2)C1. The summed E-state index contributed by atoms with van der Waals surface area (Å²) in [5.74, 6) is 0.832. The minimum atomic E-state index is -3.27. The van der Waals surface area contributed by atoms with Crippen molar-refractivity contribution in [2.24, 2.45) is 5.92 Å². The molecule has 3 aromatic rings. The molecule has 28 heavy (non-hydrogen) atoms. The van der Waals surface area contributed by atoms with E-state index in [1.54, 1.807) is 11.3 Å². The highest BCUT2D eigenvalue weighted by Gasteiger charge is 2.30. The van der Waals surface area contributed by atoms with Gasteiger partial charge in [0, 0.05) is 13.1 Å². The highest BCUT2D eigenvalue weighted by atomic mass is 32.2. The topological polar surface area (TPSA) is 92.5 Å². The molecular formula is C19H21N3O4S2. The Morgan fingerprint density at radius 3 is 2.93 bits per heavy atom. The average Bonchev–Trinajstić information content (AvgIpc) is 3.32. The van der Waals surface area contributed by atoms with Crippen LogP contribution in [0.3, 0.4) is 0 Å². The highest BCUT2D eigenvalue weighted by Crippen LogP contribution is 2.31. The summed E-state index contributed by atoms with van der Waals surface area (Å²) in [6.45, 7) is 0.977. The van der Waals surface area contributed by atoms with E-state index in [0.717, 1.165) is 15.2 Å². The van der Waals surface area contributed by atoms with Crippen molar-refractivity contribution in [2.45, 2.75) is 19.4 Å². The van der Waals surface area contributed by atoms with Crippen molar-refractivity contribution in [3.05, 3.63) is 42.2 Å². The van der Waals surface area contributed by atoms with Crippen molar-refractivity contribution in [1.82, 2.24) is 14.6 Å². The number of rotatable bonds is 5. The van der Waals surface area contributed by atoms with Gasteiger partial charge < -0.3 is 9.73 Å². The standard InChI is InChI=1S/C19H21N3O4S2/c1-28(24,25)22-10-4-5-13(12-22)18(23)20-11-14-8-9-16(26-14)19-21-15-6-2-3-7-17(15)27-19/h2-3,6-9,13H,4-5,10-12H2,1H3,(H,20,23). The number of hydrogen-bond acceptors (Lipinski definition) is 6. The van der Waals surface area contributed by atoms with Crippen molar-refractivity contribution in [3.63, 3.8) is 0 Å². The van der Waals surface area contributed by atoms with Crippen molar-refractivity contribution >= 4 is 37.5 Å². The van der Waals surface area contributed by atoms with Gasteiger partial charge in [-0.25, -0.2) is 17.7 Å². The van der Waals surface area contributed by atoms with E-state index in [2.05, 4.69) is 10.3 Å². The van der Waals surface area contributed by atoms with Crippen LogP contribution in [0.25, 0.3) is 21.0 Å². The fourth-order valence-electron chi connectivity index (χ4n) is 3.34. The third-order valence-electron chi connectivity index (χ3n) is 4.83. The van der Waals surface area contributed by atoms with Gasteiger partial charge in [0.1, 0.15) is 5.76 Å². The van der Waals surface area contributed by atoms with Crippen LogP contribution < -0.4 is 5.32 Å². The van der Waals surface area contributed by atoms with Gasteiger partial charge in [-0.05, 0) is 37.1 Å². The summed E-state index contributed by atoms with van der Waals surface area (Å²) in [5, 5.41) is 3.66. The Kier molecular flexibility index (Phi) is 5.22. The largest absolute Gasteiger partial charge is 0.457 e. The fraction of sp³-hybridized carbons (Fsp3) is 0.368. The molecule has 0 aliphatic carbocycles. The zero-order valence-corrected chi connectivity index (χ0v) is 17.1. The summed E-state index contributed by atoms with van der Waals surface area (Å²) in [5.41, 5.74) is 0.932. The molecule has 1 N–H and O–H groups in total. The van der Waals surface area contributed by atoms with Gasteiger partial charge in [0.25, 0.3) is 0 Å². The molecule has 9 heteroatoms. The molecule has 0 radical (unpaired) electrons. The van der Waals surface area contributed by atoms with Crippen LogP contribution in [0.1, 0.15) is 18.6 Å². The number of sulfonamides is 1. The van der Waals surface area contributed by atoms with E-state index >= 15 is 0 Å². The Labute approximate surface area is 167 Å². The monoisotopic (exact) mass is 419 g/mol. The summed E-state index contributed by atoms with van der Waals surface area (Å²) in [4.78, 5) is 17.0. The number of para-hydroxylation sites is 1. The van der Waals surface area contributed by atoms with Gasteiger partial charge in [-0.15, -0.1) is 11.3 Å². The van der Waals surface area contributed by atoms with Crippen LogP contribution in [0.15, 0.2) is 40.8 Å². The molecule has 0 saturated carbocycles. The molecule has 7 nitrogen and oxygen atoms in total. The number of benzene rings is 1. The molecule has 4 rings (SSSR count). The van der Waals surface area contributed by atoms with E-state index < -0.39 is 10.0 Å². The van der Waals surface area contributed by atoms with E-state index in [-0.39, 0.29) is 24.9 Å². The number of furan rings is 1. The molecule has 0 spiro atoms. The molecule has 0 bridgehead atoms. The lowest BCUT2D eigenvalue weighted by Gasteiger charge is -2.30. The van der Waals surface area contributed by atoms with Crippen LogP contribution in [-0.4, -0.2) is 43.0 Å².